The number of aromatic nitrogens is 4. The van der Waals surface area contributed by atoms with Crippen LogP contribution in [0.2, 0.25) is 0 Å². The van der Waals surface area contributed by atoms with Crippen LogP contribution in [0.25, 0.3) is 17.2 Å². The molecule has 25 heavy (non-hydrogen) atoms. The van der Waals surface area contributed by atoms with Gasteiger partial charge in [0.15, 0.2) is 9.84 Å². The zero-order valence-electron chi connectivity index (χ0n) is 14.2. The molecule has 3 aromatic rings. The molecule has 0 amide bonds. The SMILES string of the molecule is CCS(=O)(=O)c1ccc(C)nc1-c1ncn(-c2ccc(OC)cc2)n1. The highest BCUT2D eigenvalue weighted by Crippen LogP contribution is 2.24. The van der Waals surface area contributed by atoms with Crippen LogP contribution in [0.15, 0.2) is 47.6 Å². The number of hydrogen-bond acceptors (Lipinski definition) is 6. The summed E-state index contributed by atoms with van der Waals surface area (Å²) in [7, 11) is -1.83. The number of sulfone groups is 1. The van der Waals surface area contributed by atoms with Crippen LogP contribution in [0, 0.1) is 6.92 Å². The van der Waals surface area contributed by atoms with Crippen molar-refractivity contribution in [3.05, 3.63) is 48.4 Å². The van der Waals surface area contributed by atoms with E-state index in [1.54, 1.807) is 37.8 Å². The van der Waals surface area contributed by atoms with Crippen molar-refractivity contribution in [2.24, 2.45) is 0 Å². The molecule has 0 N–H and O–H groups in total. The second-order valence-corrected chi connectivity index (χ2v) is 7.66. The molecule has 0 radical (unpaired) electrons. The van der Waals surface area contributed by atoms with Gasteiger partial charge in [0, 0.05) is 5.69 Å². The molecule has 0 atom stereocenters. The Morgan fingerprint density at radius 3 is 2.48 bits per heavy atom. The van der Waals surface area contributed by atoms with Gasteiger partial charge in [-0.2, -0.15) is 0 Å². The summed E-state index contributed by atoms with van der Waals surface area (Å²) in [5, 5.41) is 4.39. The molecule has 8 heteroatoms. The van der Waals surface area contributed by atoms with Crippen LogP contribution in [-0.2, 0) is 9.84 Å². The van der Waals surface area contributed by atoms with Gasteiger partial charge in [-0.3, -0.25) is 0 Å². The van der Waals surface area contributed by atoms with E-state index in [0.717, 1.165) is 11.4 Å². The highest BCUT2D eigenvalue weighted by atomic mass is 32.2. The van der Waals surface area contributed by atoms with E-state index < -0.39 is 9.84 Å². The molecular formula is C17H18N4O3S. The van der Waals surface area contributed by atoms with E-state index in [4.69, 9.17) is 4.74 Å². The zero-order chi connectivity index (χ0) is 18.0. The number of benzene rings is 1. The zero-order valence-corrected chi connectivity index (χ0v) is 15.0. The lowest BCUT2D eigenvalue weighted by Crippen LogP contribution is -2.08. The summed E-state index contributed by atoms with van der Waals surface area (Å²) in [6.07, 6.45) is 1.53. The molecule has 0 bridgehead atoms. The first-order valence-electron chi connectivity index (χ1n) is 7.71. The van der Waals surface area contributed by atoms with Crippen LogP contribution in [-0.4, -0.2) is 41.0 Å². The molecule has 2 aromatic heterocycles. The Balaban J connectivity index is 2.06. The van der Waals surface area contributed by atoms with Crippen LogP contribution >= 0.6 is 0 Å². The Labute approximate surface area is 146 Å². The fraction of sp³-hybridized carbons (Fsp3) is 0.235. The summed E-state index contributed by atoms with van der Waals surface area (Å²) in [4.78, 5) is 8.75. The van der Waals surface area contributed by atoms with Crippen LogP contribution in [0.4, 0.5) is 0 Å². The quantitative estimate of drug-likeness (QED) is 0.696. The number of ether oxygens (including phenoxy) is 1. The summed E-state index contributed by atoms with van der Waals surface area (Å²) < 4.78 is 31.4. The van der Waals surface area contributed by atoms with Crippen molar-refractivity contribution < 1.29 is 13.2 Å². The van der Waals surface area contributed by atoms with Crippen molar-refractivity contribution in [3.63, 3.8) is 0 Å². The standard InChI is InChI=1S/C17H18N4O3S/c1-4-25(22,23)15-10-5-12(2)19-16(15)17-18-11-21(20-17)13-6-8-14(24-3)9-7-13/h5-11H,4H2,1-3H3. The van der Waals surface area contributed by atoms with E-state index in [1.165, 1.54) is 6.33 Å². The van der Waals surface area contributed by atoms with Crippen molar-refractivity contribution in [2.75, 3.05) is 12.9 Å². The molecule has 2 heterocycles. The van der Waals surface area contributed by atoms with Crippen molar-refractivity contribution >= 4 is 9.84 Å². The summed E-state index contributed by atoms with van der Waals surface area (Å²) >= 11 is 0. The molecule has 0 aliphatic carbocycles. The van der Waals surface area contributed by atoms with E-state index >= 15 is 0 Å². The third kappa shape index (κ3) is 3.39. The van der Waals surface area contributed by atoms with Crippen LogP contribution < -0.4 is 4.74 Å². The lowest BCUT2D eigenvalue weighted by atomic mass is 10.3. The van der Waals surface area contributed by atoms with E-state index in [9.17, 15) is 8.42 Å². The largest absolute Gasteiger partial charge is 0.497 e. The topological polar surface area (TPSA) is 87.0 Å². The minimum Gasteiger partial charge on any atom is -0.497 e. The van der Waals surface area contributed by atoms with Gasteiger partial charge in [-0.05, 0) is 43.3 Å². The average Bonchev–Trinajstić information content (AvgIpc) is 3.11. The predicted molar refractivity (Wildman–Crippen MR) is 93.6 cm³/mol. The fourth-order valence-corrected chi connectivity index (χ4v) is 3.36. The van der Waals surface area contributed by atoms with E-state index in [0.29, 0.717) is 5.69 Å². The van der Waals surface area contributed by atoms with Crippen LogP contribution in [0.3, 0.4) is 0 Å². The van der Waals surface area contributed by atoms with Gasteiger partial charge in [0.2, 0.25) is 5.82 Å². The first-order chi connectivity index (χ1) is 11.9. The first-order valence-corrected chi connectivity index (χ1v) is 9.36. The highest BCUT2D eigenvalue weighted by molar-refractivity contribution is 7.91. The Morgan fingerprint density at radius 1 is 1.12 bits per heavy atom. The molecule has 0 saturated heterocycles. The number of hydrogen-bond donors (Lipinski definition) is 0. The summed E-state index contributed by atoms with van der Waals surface area (Å²) in [5.74, 6) is 0.997. The maximum absolute atomic E-state index is 12.3. The molecule has 0 unspecified atom stereocenters. The average molecular weight is 358 g/mol. The van der Waals surface area contributed by atoms with Gasteiger partial charge < -0.3 is 4.74 Å². The van der Waals surface area contributed by atoms with Gasteiger partial charge >= 0.3 is 0 Å². The maximum Gasteiger partial charge on any atom is 0.201 e. The molecule has 130 valence electrons. The molecule has 0 aliphatic rings. The molecule has 0 saturated carbocycles. The second-order valence-electron chi connectivity index (χ2n) is 5.41. The lowest BCUT2D eigenvalue weighted by molar-refractivity contribution is 0.414. The summed E-state index contributed by atoms with van der Waals surface area (Å²) in [5.41, 5.74) is 1.76. The fourth-order valence-electron chi connectivity index (χ4n) is 2.34. The predicted octanol–water partition coefficient (Wildman–Crippen LogP) is 2.44. The molecule has 0 fully saturated rings. The third-order valence-corrected chi connectivity index (χ3v) is 5.51. The normalized spacial score (nSPS) is 11.5. The monoisotopic (exact) mass is 358 g/mol. The molecule has 0 spiro atoms. The lowest BCUT2D eigenvalue weighted by Gasteiger charge is -2.07. The molecular weight excluding hydrogens is 340 g/mol. The highest BCUT2D eigenvalue weighted by Gasteiger charge is 2.21. The van der Waals surface area contributed by atoms with Crippen molar-refractivity contribution in [1.29, 1.82) is 0 Å². The number of rotatable bonds is 5. The van der Waals surface area contributed by atoms with E-state index in [1.807, 2.05) is 24.3 Å². The Morgan fingerprint density at radius 2 is 1.84 bits per heavy atom. The van der Waals surface area contributed by atoms with E-state index in [-0.39, 0.29) is 22.2 Å². The second kappa shape index (κ2) is 6.64. The summed E-state index contributed by atoms with van der Waals surface area (Å²) in [6.45, 7) is 3.40. The third-order valence-electron chi connectivity index (χ3n) is 3.75. The minimum atomic E-state index is -3.43. The first kappa shape index (κ1) is 17.1. The molecule has 0 aliphatic heterocycles. The Kier molecular flexibility index (Phi) is 4.54. The van der Waals surface area contributed by atoms with Gasteiger partial charge in [-0.1, -0.05) is 6.92 Å². The van der Waals surface area contributed by atoms with Gasteiger partial charge in [0.1, 0.15) is 17.8 Å². The molecule has 7 nitrogen and oxygen atoms in total. The summed E-state index contributed by atoms with van der Waals surface area (Å²) in [6, 6.07) is 10.5. The smallest absolute Gasteiger partial charge is 0.201 e. The van der Waals surface area contributed by atoms with Gasteiger partial charge in [0.05, 0.1) is 23.4 Å². The van der Waals surface area contributed by atoms with E-state index in [2.05, 4.69) is 15.1 Å². The number of aryl methyl sites for hydroxylation is 1. The number of nitrogens with zero attached hydrogens (tertiary/aromatic N) is 4. The minimum absolute atomic E-state index is 0.00999. The van der Waals surface area contributed by atoms with Crippen molar-refractivity contribution in [2.45, 2.75) is 18.7 Å². The van der Waals surface area contributed by atoms with Gasteiger partial charge in [0.25, 0.3) is 0 Å². The number of pyridine rings is 1. The van der Waals surface area contributed by atoms with Gasteiger partial charge in [-0.15, -0.1) is 5.10 Å². The molecule has 1 aromatic carbocycles. The molecule has 3 rings (SSSR count). The van der Waals surface area contributed by atoms with Crippen molar-refractivity contribution in [3.8, 4) is 23.0 Å². The van der Waals surface area contributed by atoms with Crippen molar-refractivity contribution in [1.82, 2.24) is 19.7 Å². The van der Waals surface area contributed by atoms with Crippen LogP contribution in [0.1, 0.15) is 12.6 Å². The number of methoxy groups -OCH3 is 1. The maximum atomic E-state index is 12.3. The van der Waals surface area contributed by atoms with Gasteiger partial charge in [-0.25, -0.2) is 23.1 Å². The Hall–Kier alpha value is -2.74. The van der Waals surface area contributed by atoms with Crippen LogP contribution in [0.5, 0.6) is 5.75 Å². The Bertz CT molecular complexity index is 995.